The molecule has 92 valence electrons. The van der Waals surface area contributed by atoms with Gasteiger partial charge in [-0.15, -0.1) is 0 Å². The maximum Gasteiger partial charge on any atom is 0.305 e. The van der Waals surface area contributed by atoms with E-state index < -0.39 is 18.5 Å². The molecule has 0 aliphatic carbocycles. The Bertz CT molecular complexity index is 252. The first-order valence-electron chi connectivity index (χ1n) is 5.21. The van der Waals surface area contributed by atoms with Gasteiger partial charge in [-0.2, -0.15) is 0 Å². The van der Waals surface area contributed by atoms with E-state index in [1.165, 1.54) is 6.92 Å². The normalized spacial score (nSPS) is 24.1. The van der Waals surface area contributed by atoms with E-state index in [0.717, 1.165) is 6.42 Å². The van der Waals surface area contributed by atoms with Crippen molar-refractivity contribution in [3.8, 4) is 0 Å². The summed E-state index contributed by atoms with van der Waals surface area (Å²) >= 11 is 0. The molecule has 1 heterocycles. The SMILES string of the molecule is CCCC(=O)OC[C@@H]1OCC(OC(C)=O)O1. The van der Waals surface area contributed by atoms with Crippen LogP contribution in [-0.4, -0.2) is 37.7 Å². The Balaban J connectivity index is 2.16. The van der Waals surface area contributed by atoms with Gasteiger partial charge < -0.3 is 18.9 Å². The molecule has 2 atom stereocenters. The Hall–Kier alpha value is -1.14. The van der Waals surface area contributed by atoms with E-state index in [-0.39, 0.29) is 19.2 Å². The molecule has 6 nitrogen and oxygen atoms in total. The summed E-state index contributed by atoms with van der Waals surface area (Å²) in [6, 6.07) is 0. The van der Waals surface area contributed by atoms with Crippen LogP contribution in [0.15, 0.2) is 0 Å². The zero-order valence-electron chi connectivity index (χ0n) is 9.43. The van der Waals surface area contributed by atoms with Crippen LogP contribution in [0.3, 0.4) is 0 Å². The first-order valence-corrected chi connectivity index (χ1v) is 5.21. The molecule has 1 fully saturated rings. The largest absolute Gasteiger partial charge is 0.460 e. The van der Waals surface area contributed by atoms with Crippen LogP contribution in [0.2, 0.25) is 0 Å². The Morgan fingerprint density at radius 3 is 2.81 bits per heavy atom. The Morgan fingerprint density at radius 1 is 1.44 bits per heavy atom. The van der Waals surface area contributed by atoms with Crippen LogP contribution < -0.4 is 0 Å². The summed E-state index contributed by atoms with van der Waals surface area (Å²) in [7, 11) is 0. The van der Waals surface area contributed by atoms with Gasteiger partial charge in [0.2, 0.25) is 6.29 Å². The van der Waals surface area contributed by atoms with Crippen molar-refractivity contribution in [2.45, 2.75) is 39.3 Å². The molecular formula is C10H16O6. The summed E-state index contributed by atoms with van der Waals surface area (Å²) in [6.45, 7) is 3.37. The third-order valence-electron chi connectivity index (χ3n) is 1.85. The van der Waals surface area contributed by atoms with E-state index in [1.807, 2.05) is 6.92 Å². The van der Waals surface area contributed by atoms with Crippen molar-refractivity contribution in [3.63, 3.8) is 0 Å². The first-order chi connectivity index (χ1) is 7.61. The number of ether oxygens (including phenoxy) is 4. The monoisotopic (exact) mass is 232 g/mol. The molecule has 0 aromatic carbocycles. The lowest BCUT2D eigenvalue weighted by Crippen LogP contribution is -2.22. The molecule has 1 aliphatic heterocycles. The smallest absolute Gasteiger partial charge is 0.305 e. The Labute approximate surface area is 93.8 Å². The third kappa shape index (κ3) is 4.59. The fraction of sp³-hybridized carbons (Fsp3) is 0.800. The molecule has 0 aromatic heterocycles. The van der Waals surface area contributed by atoms with E-state index in [4.69, 9.17) is 18.9 Å². The van der Waals surface area contributed by atoms with Crippen LogP contribution in [0.25, 0.3) is 0 Å². The van der Waals surface area contributed by atoms with Crippen LogP contribution in [0.4, 0.5) is 0 Å². The molecule has 1 aliphatic rings. The average Bonchev–Trinajstić information content (AvgIpc) is 2.62. The molecule has 0 amide bonds. The topological polar surface area (TPSA) is 71.1 Å². The second kappa shape index (κ2) is 6.44. The second-order valence-corrected chi connectivity index (χ2v) is 3.37. The number of esters is 2. The molecule has 1 unspecified atom stereocenters. The third-order valence-corrected chi connectivity index (χ3v) is 1.85. The quantitative estimate of drug-likeness (QED) is 0.646. The minimum Gasteiger partial charge on any atom is -0.460 e. The lowest BCUT2D eigenvalue weighted by Gasteiger charge is -2.11. The van der Waals surface area contributed by atoms with Gasteiger partial charge in [0.05, 0.1) is 0 Å². The van der Waals surface area contributed by atoms with E-state index >= 15 is 0 Å². The predicted molar refractivity (Wildman–Crippen MR) is 52.2 cm³/mol. The predicted octanol–water partition coefficient (Wildman–Crippen LogP) is 0.592. The molecule has 0 bridgehead atoms. The highest BCUT2D eigenvalue weighted by Gasteiger charge is 2.29. The van der Waals surface area contributed by atoms with Gasteiger partial charge in [-0.05, 0) is 6.42 Å². The van der Waals surface area contributed by atoms with Crippen LogP contribution >= 0.6 is 0 Å². The first kappa shape index (κ1) is 12.9. The standard InChI is InChI=1S/C10H16O6/c1-3-4-8(12)13-5-9-14-6-10(16-9)15-7(2)11/h9-10H,3-6H2,1-2H3/t9-,10?/m1/s1. The van der Waals surface area contributed by atoms with Gasteiger partial charge >= 0.3 is 11.9 Å². The van der Waals surface area contributed by atoms with Crippen molar-refractivity contribution in [3.05, 3.63) is 0 Å². The number of hydrogen-bond acceptors (Lipinski definition) is 6. The van der Waals surface area contributed by atoms with Gasteiger partial charge in [-0.3, -0.25) is 9.59 Å². The molecule has 0 saturated carbocycles. The highest BCUT2D eigenvalue weighted by Crippen LogP contribution is 2.13. The molecule has 0 aromatic rings. The summed E-state index contributed by atoms with van der Waals surface area (Å²) in [5.41, 5.74) is 0. The van der Waals surface area contributed by atoms with E-state index in [2.05, 4.69) is 0 Å². The van der Waals surface area contributed by atoms with Crippen molar-refractivity contribution in [1.82, 2.24) is 0 Å². The van der Waals surface area contributed by atoms with Gasteiger partial charge in [0.15, 0.2) is 6.29 Å². The lowest BCUT2D eigenvalue weighted by atomic mass is 10.3. The maximum atomic E-state index is 11.0. The molecule has 16 heavy (non-hydrogen) atoms. The maximum absolute atomic E-state index is 11.0. The fourth-order valence-electron chi connectivity index (χ4n) is 1.21. The molecule has 1 saturated heterocycles. The number of rotatable bonds is 5. The Morgan fingerprint density at radius 2 is 2.19 bits per heavy atom. The van der Waals surface area contributed by atoms with Crippen molar-refractivity contribution in [2.75, 3.05) is 13.2 Å². The van der Waals surface area contributed by atoms with Gasteiger partial charge in [-0.1, -0.05) is 6.92 Å². The minimum atomic E-state index is -0.702. The highest BCUT2D eigenvalue weighted by atomic mass is 16.8. The van der Waals surface area contributed by atoms with Crippen LogP contribution in [0, 0.1) is 0 Å². The summed E-state index contributed by atoms with van der Waals surface area (Å²) in [4.78, 5) is 21.7. The number of hydrogen-bond donors (Lipinski definition) is 0. The van der Waals surface area contributed by atoms with Crippen LogP contribution in [-0.2, 0) is 28.5 Å². The minimum absolute atomic E-state index is 0.0244. The Kier molecular flexibility index (Phi) is 5.21. The summed E-state index contributed by atoms with van der Waals surface area (Å²) in [6.07, 6.45) is -0.237. The van der Waals surface area contributed by atoms with Crippen molar-refractivity contribution in [1.29, 1.82) is 0 Å². The lowest BCUT2D eigenvalue weighted by molar-refractivity contribution is -0.183. The number of carbonyl (C=O) groups excluding carboxylic acids is 2. The van der Waals surface area contributed by atoms with Gasteiger partial charge in [0.25, 0.3) is 0 Å². The van der Waals surface area contributed by atoms with Gasteiger partial charge in [0, 0.05) is 13.3 Å². The van der Waals surface area contributed by atoms with Crippen molar-refractivity contribution >= 4 is 11.9 Å². The molecule has 0 N–H and O–H groups in total. The van der Waals surface area contributed by atoms with Gasteiger partial charge in [0.1, 0.15) is 13.2 Å². The second-order valence-electron chi connectivity index (χ2n) is 3.37. The van der Waals surface area contributed by atoms with E-state index in [1.54, 1.807) is 0 Å². The fourth-order valence-corrected chi connectivity index (χ4v) is 1.21. The number of carbonyl (C=O) groups is 2. The summed E-state index contributed by atoms with van der Waals surface area (Å²) in [5, 5.41) is 0. The zero-order valence-corrected chi connectivity index (χ0v) is 9.43. The van der Waals surface area contributed by atoms with Crippen LogP contribution in [0.1, 0.15) is 26.7 Å². The molecule has 6 heteroatoms. The van der Waals surface area contributed by atoms with Crippen LogP contribution in [0.5, 0.6) is 0 Å². The molecule has 1 rings (SSSR count). The van der Waals surface area contributed by atoms with E-state index in [0.29, 0.717) is 6.42 Å². The van der Waals surface area contributed by atoms with Gasteiger partial charge in [-0.25, -0.2) is 0 Å². The summed E-state index contributed by atoms with van der Waals surface area (Å²) in [5.74, 6) is -0.720. The molecule has 0 radical (unpaired) electrons. The van der Waals surface area contributed by atoms with Crippen molar-refractivity contribution in [2.24, 2.45) is 0 Å². The molecular weight excluding hydrogens is 216 g/mol. The van der Waals surface area contributed by atoms with Crippen molar-refractivity contribution < 1.29 is 28.5 Å². The highest BCUT2D eigenvalue weighted by molar-refractivity contribution is 5.69. The molecule has 0 spiro atoms. The zero-order chi connectivity index (χ0) is 12.0. The van der Waals surface area contributed by atoms with E-state index in [9.17, 15) is 9.59 Å². The average molecular weight is 232 g/mol. The summed E-state index contributed by atoms with van der Waals surface area (Å²) < 4.78 is 19.9.